The van der Waals surface area contributed by atoms with Crippen molar-refractivity contribution in [3.63, 3.8) is 0 Å². The Morgan fingerprint density at radius 1 is 0.309 bits per heavy atom. The van der Waals surface area contributed by atoms with Crippen LogP contribution in [0.15, 0.2) is 248 Å². The summed E-state index contributed by atoms with van der Waals surface area (Å²) >= 11 is 0. The van der Waals surface area contributed by atoms with Crippen molar-refractivity contribution in [2.45, 2.75) is 172 Å². The Bertz CT molecular complexity index is 5600. The summed E-state index contributed by atoms with van der Waals surface area (Å²) in [6, 6.07) is 62.2. The van der Waals surface area contributed by atoms with E-state index in [0.717, 1.165) is 66.2 Å². The quantitative estimate of drug-likeness (QED) is 0.111. The lowest BCUT2D eigenvalue weighted by atomic mass is 10.00. The Morgan fingerprint density at radius 3 is 1.35 bits per heavy atom. The lowest BCUT2D eigenvalue weighted by molar-refractivity contribution is 0.479. The number of aromatic amines is 2. The van der Waals surface area contributed by atoms with Crippen molar-refractivity contribution in [1.29, 1.82) is 0 Å². The van der Waals surface area contributed by atoms with Crippen molar-refractivity contribution in [3.05, 3.63) is 315 Å². The maximum atomic E-state index is 11.5. The summed E-state index contributed by atoms with van der Waals surface area (Å²) in [4.78, 5) is 65.6. The molecule has 0 fully saturated rings. The fourth-order valence-corrected chi connectivity index (χ4v) is 12.0. The number of fused-ring (bicyclic) bond motifs is 8. The van der Waals surface area contributed by atoms with Crippen molar-refractivity contribution >= 4 is 92.6 Å². The van der Waals surface area contributed by atoms with E-state index in [1.807, 2.05) is 105 Å². The summed E-state index contributed by atoms with van der Waals surface area (Å²) in [5.41, 5.74) is 21.9. The van der Waals surface area contributed by atoms with Crippen LogP contribution in [0.2, 0.25) is 0 Å². The summed E-state index contributed by atoms with van der Waals surface area (Å²) < 4.78 is 0. The van der Waals surface area contributed by atoms with Crippen LogP contribution >= 0.6 is 0 Å². The number of benzene rings is 8. The molecule has 16 aromatic rings. The number of pyridine rings is 5. The third kappa shape index (κ3) is 22.6. The van der Waals surface area contributed by atoms with E-state index in [9.17, 15) is 14.7 Å². The first kappa shape index (κ1) is 82.1. The zero-order chi connectivity index (χ0) is 79.3. The number of hydrogen-bond acceptors (Lipinski definition) is 13. The zero-order valence-electron chi connectivity index (χ0n) is 67.0. The molecule has 8 aromatic carbocycles. The average Bonchev–Trinajstić information content (AvgIpc) is 0.823. The number of aromatic hydroxyl groups is 1. The maximum Gasteiger partial charge on any atom is 0.258 e. The van der Waals surface area contributed by atoms with Crippen LogP contribution < -0.4 is 16.9 Å². The molecular weight excluding hydrogens is 1360 g/mol. The Labute approximate surface area is 647 Å². The highest BCUT2D eigenvalue weighted by atomic mass is 16.3. The number of nitrogens with zero attached hydrogens (tertiary/aromatic N) is 9. The number of rotatable bonds is 8. The molecule has 15 nitrogen and oxygen atoms in total. The topological polar surface area (TPSA) is 228 Å². The largest absolute Gasteiger partial charge is 0.506 e. The first-order chi connectivity index (χ1) is 52.6. The van der Waals surface area contributed by atoms with Crippen LogP contribution in [0.25, 0.3) is 86.8 Å². The molecule has 0 aliphatic rings. The molecular formula is C95H106N12O3. The number of nitrogens with two attached hydrogens (primary N) is 1. The van der Waals surface area contributed by atoms with Crippen LogP contribution in [-0.4, -0.2) is 59.9 Å². The molecule has 0 saturated heterocycles. The van der Waals surface area contributed by atoms with Crippen molar-refractivity contribution in [2.24, 2.45) is 0 Å². The zero-order valence-corrected chi connectivity index (χ0v) is 67.0. The van der Waals surface area contributed by atoms with E-state index in [-0.39, 0.29) is 16.9 Å². The van der Waals surface area contributed by atoms with Gasteiger partial charge in [-0.05, 0) is 207 Å². The predicted octanol–water partition coefficient (Wildman–Crippen LogP) is 23.5. The molecule has 15 heteroatoms. The van der Waals surface area contributed by atoms with Crippen LogP contribution in [0.1, 0.15) is 214 Å². The molecule has 0 atom stereocenters. The molecule has 0 unspecified atom stereocenters. The molecule has 8 heterocycles. The van der Waals surface area contributed by atoms with Crippen molar-refractivity contribution in [2.75, 3.05) is 5.73 Å². The van der Waals surface area contributed by atoms with E-state index in [2.05, 4.69) is 281 Å². The number of anilines is 1. The molecule has 0 spiro atoms. The molecule has 110 heavy (non-hydrogen) atoms. The van der Waals surface area contributed by atoms with E-state index in [1.165, 1.54) is 84.7 Å². The number of nitrogen functional groups attached to an aromatic ring is 1. The van der Waals surface area contributed by atoms with E-state index < -0.39 is 0 Å². The van der Waals surface area contributed by atoms with Crippen molar-refractivity contribution in [1.82, 2.24) is 54.8 Å². The fraction of sp³-hybridized carbons (Fsp3) is 0.274. The SMILES string of the molecule is CC(C)c1ccc2c(=O)[nH]cnc2c1.CC(C)c1ccc2c(N)nccc2c1.CC(C)c1ccc2c(O)cncc2c1.CC(C)c1ccc2cnccc2c1.CC(C)c1ccc2nc[nH]c(=O)c2c1.CC(C)c1ccc2ncccc2c1.Cc1ccc2cc(C(C)C)ccc2n1.Cc1ncc2cc(C(C)C)ccc2n1. The second-order valence-electron chi connectivity index (χ2n) is 30.1. The molecule has 0 aliphatic heterocycles. The van der Waals surface area contributed by atoms with Gasteiger partial charge in [-0.15, -0.1) is 0 Å². The van der Waals surface area contributed by atoms with Crippen LogP contribution in [-0.2, 0) is 0 Å². The van der Waals surface area contributed by atoms with Crippen LogP contribution in [0.5, 0.6) is 5.75 Å². The van der Waals surface area contributed by atoms with Gasteiger partial charge in [-0.3, -0.25) is 29.5 Å². The normalized spacial score (nSPS) is 11.1. The van der Waals surface area contributed by atoms with Gasteiger partial charge >= 0.3 is 0 Å². The van der Waals surface area contributed by atoms with E-state index in [1.54, 1.807) is 12.4 Å². The number of aromatic nitrogens is 11. The van der Waals surface area contributed by atoms with Gasteiger partial charge in [-0.2, -0.15) is 0 Å². The number of nitrogens with one attached hydrogen (secondary N) is 2. The average molecular weight is 1460 g/mol. The van der Waals surface area contributed by atoms with E-state index in [4.69, 9.17) is 5.73 Å². The van der Waals surface area contributed by atoms with Gasteiger partial charge in [0.15, 0.2) is 0 Å². The monoisotopic (exact) mass is 1460 g/mol. The minimum atomic E-state index is -0.0784. The molecule has 0 radical (unpaired) electrons. The van der Waals surface area contributed by atoms with Crippen LogP contribution in [0, 0.1) is 13.8 Å². The van der Waals surface area contributed by atoms with Gasteiger partial charge in [0, 0.05) is 80.6 Å². The Kier molecular flexibility index (Phi) is 28.9. The van der Waals surface area contributed by atoms with E-state index in [0.29, 0.717) is 63.9 Å². The first-order valence-corrected chi connectivity index (χ1v) is 38.1. The number of H-pyrrole nitrogens is 2. The lowest BCUT2D eigenvalue weighted by Crippen LogP contribution is -2.06. The van der Waals surface area contributed by atoms with Gasteiger partial charge in [0.05, 0.1) is 57.2 Å². The van der Waals surface area contributed by atoms with Crippen molar-refractivity contribution < 1.29 is 5.11 Å². The van der Waals surface area contributed by atoms with Gasteiger partial charge in [-0.25, -0.2) is 24.9 Å². The standard InChI is InChI=1S/C13H15N.2C12H14N2.C12H13NO.2C12H13N.2C11H12N2O/c1-9(2)11-6-7-13-12(8-11)5-4-10(3)14-13;1-8(2)10-4-5-12-11(6-10)7-13-9(3)14-12;1-8(2)9-3-4-11-10(7-9)5-6-14-12(11)13;1-8(2)9-3-4-11-10(5-9)6-13-7-12(11)14;1-9(2)10-3-4-12-8-13-6-5-11(12)7-10;1-9(2)10-5-6-12-11(8-10)4-3-7-13-12;1-7(2)8-3-4-10-9(5-8)11(14)13-6-12-10;1-7(2)8-3-4-9-10(5-8)12-6-13-11(9)14/h4-9H,1-3H3;4-8H,1-3H3;3-8H,1-2H3,(H2,13,14);3-8,14H,1-2H3;2*3-9H,1-2H3;2*3-7H,1-2H3,(H,12,13,14). The maximum absolute atomic E-state index is 11.5. The molecule has 0 amide bonds. The smallest absolute Gasteiger partial charge is 0.258 e. The molecule has 564 valence electrons. The second kappa shape index (κ2) is 38.7. The highest BCUT2D eigenvalue weighted by Gasteiger charge is 2.10. The van der Waals surface area contributed by atoms with Gasteiger partial charge in [0.2, 0.25) is 0 Å². The molecule has 0 bridgehead atoms. The molecule has 0 saturated carbocycles. The molecule has 16 rings (SSSR count). The van der Waals surface area contributed by atoms with Crippen LogP contribution in [0.4, 0.5) is 5.82 Å². The lowest BCUT2D eigenvalue weighted by Gasteiger charge is -2.07. The molecule has 5 N–H and O–H groups in total. The molecule has 0 aliphatic carbocycles. The Balaban J connectivity index is 0.000000145. The second-order valence-corrected chi connectivity index (χ2v) is 30.1. The predicted molar refractivity (Wildman–Crippen MR) is 461 cm³/mol. The highest BCUT2D eigenvalue weighted by molar-refractivity contribution is 5.91. The van der Waals surface area contributed by atoms with E-state index >= 15 is 0 Å². The Morgan fingerprint density at radius 2 is 0.745 bits per heavy atom. The highest BCUT2D eigenvalue weighted by Crippen LogP contribution is 2.29. The summed E-state index contributed by atoms with van der Waals surface area (Å²) in [7, 11) is 0. The van der Waals surface area contributed by atoms with Gasteiger partial charge < -0.3 is 20.8 Å². The van der Waals surface area contributed by atoms with Gasteiger partial charge in [-0.1, -0.05) is 202 Å². The minimum absolute atomic E-state index is 0.0718. The summed E-state index contributed by atoms with van der Waals surface area (Å²) in [6.07, 6.45) is 15.3. The minimum Gasteiger partial charge on any atom is -0.506 e. The fourth-order valence-electron chi connectivity index (χ4n) is 12.0. The van der Waals surface area contributed by atoms with Crippen LogP contribution in [0.3, 0.4) is 0 Å². The number of aryl methyl sites for hydroxylation is 2. The van der Waals surface area contributed by atoms with Gasteiger partial charge in [0.25, 0.3) is 11.1 Å². The third-order valence-corrected chi connectivity index (χ3v) is 19.1. The third-order valence-electron chi connectivity index (χ3n) is 19.1. The number of hydrogen-bond donors (Lipinski definition) is 4. The molecule has 8 aromatic heterocycles. The summed E-state index contributed by atoms with van der Waals surface area (Å²) in [5, 5.41) is 21.0. The Hall–Kier alpha value is -12.0. The summed E-state index contributed by atoms with van der Waals surface area (Å²) in [6.45, 7) is 38.7. The first-order valence-electron chi connectivity index (χ1n) is 38.1. The summed E-state index contributed by atoms with van der Waals surface area (Å²) in [5.74, 6) is 5.95. The van der Waals surface area contributed by atoms with Gasteiger partial charge in [0.1, 0.15) is 17.4 Å². The van der Waals surface area contributed by atoms with Crippen molar-refractivity contribution in [3.8, 4) is 5.75 Å².